The third kappa shape index (κ3) is 3.04. The minimum atomic E-state index is 0.669. The lowest BCUT2D eigenvalue weighted by Gasteiger charge is -2.21. The van der Waals surface area contributed by atoms with E-state index in [1.807, 2.05) is 0 Å². The molecular formula is C36H27NO2. The first-order chi connectivity index (χ1) is 19.3. The molecule has 0 spiro atoms. The van der Waals surface area contributed by atoms with Gasteiger partial charge in [0.25, 0.3) is 0 Å². The summed E-state index contributed by atoms with van der Waals surface area (Å²) in [6, 6.07) is 35.0. The number of hydrogen-bond donors (Lipinski definition) is 0. The smallest absolute Gasteiger partial charge is 0.178 e. The van der Waals surface area contributed by atoms with E-state index in [4.69, 9.17) is 8.83 Å². The average Bonchev–Trinajstić information content (AvgIpc) is 3.66. The van der Waals surface area contributed by atoms with Crippen molar-refractivity contribution in [2.75, 3.05) is 0 Å². The number of fused-ring (bicyclic) bond motifs is 10. The molecule has 3 aromatic heterocycles. The van der Waals surface area contributed by atoms with E-state index in [1.54, 1.807) is 0 Å². The topological polar surface area (TPSA) is 31.2 Å². The van der Waals surface area contributed by atoms with Crippen molar-refractivity contribution >= 4 is 65.7 Å². The Morgan fingerprint density at radius 2 is 1.10 bits per heavy atom. The molecule has 1 saturated carbocycles. The minimum Gasteiger partial charge on any atom is -0.452 e. The van der Waals surface area contributed by atoms with Gasteiger partial charge in [-0.2, -0.15) is 0 Å². The Morgan fingerprint density at radius 1 is 0.513 bits per heavy atom. The van der Waals surface area contributed by atoms with E-state index in [-0.39, 0.29) is 0 Å². The average molecular weight is 506 g/mol. The van der Waals surface area contributed by atoms with Gasteiger partial charge < -0.3 is 13.4 Å². The second-order valence-corrected chi connectivity index (χ2v) is 11.2. The Balaban J connectivity index is 1.26. The van der Waals surface area contributed by atoms with Gasteiger partial charge in [0, 0.05) is 38.0 Å². The van der Waals surface area contributed by atoms with Crippen LogP contribution in [0.5, 0.6) is 0 Å². The lowest BCUT2D eigenvalue weighted by atomic mass is 9.84. The summed E-state index contributed by atoms with van der Waals surface area (Å²) in [6.07, 6.45) is 6.64. The molecule has 0 amide bonds. The summed E-state index contributed by atoms with van der Waals surface area (Å²) in [7, 11) is 0. The molecule has 5 aromatic carbocycles. The van der Waals surface area contributed by atoms with E-state index in [2.05, 4.69) is 102 Å². The maximum Gasteiger partial charge on any atom is 0.178 e. The Kier molecular flexibility index (Phi) is 4.40. The van der Waals surface area contributed by atoms with E-state index >= 15 is 0 Å². The van der Waals surface area contributed by atoms with Gasteiger partial charge in [-0.1, -0.05) is 61.7 Å². The Labute approximate surface area is 225 Å². The van der Waals surface area contributed by atoms with Gasteiger partial charge >= 0.3 is 0 Å². The molecule has 9 rings (SSSR count). The molecule has 0 unspecified atom stereocenters. The van der Waals surface area contributed by atoms with Gasteiger partial charge in [0.15, 0.2) is 11.2 Å². The molecule has 3 heteroatoms. The highest BCUT2D eigenvalue weighted by Crippen LogP contribution is 2.42. The fourth-order valence-electron chi connectivity index (χ4n) is 7.10. The summed E-state index contributed by atoms with van der Waals surface area (Å²) in [5.41, 5.74) is 8.48. The van der Waals surface area contributed by atoms with Crippen molar-refractivity contribution in [2.24, 2.45) is 0 Å². The zero-order valence-electron chi connectivity index (χ0n) is 21.6. The number of benzene rings is 5. The van der Waals surface area contributed by atoms with Crippen LogP contribution in [0.1, 0.15) is 43.6 Å². The molecule has 188 valence electrons. The summed E-state index contributed by atoms with van der Waals surface area (Å²) in [4.78, 5) is 0. The summed E-state index contributed by atoms with van der Waals surface area (Å²) in [6.45, 7) is 0. The van der Waals surface area contributed by atoms with E-state index in [9.17, 15) is 0 Å². The van der Waals surface area contributed by atoms with Crippen molar-refractivity contribution in [3.8, 4) is 5.69 Å². The normalized spacial score (nSPS) is 15.1. The molecule has 0 bridgehead atoms. The van der Waals surface area contributed by atoms with Gasteiger partial charge in [-0.05, 0) is 78.9 Å². The number of para-hydroxylation sites is 2. The standard InChI is InChI=1S/C36H27NO2/c1-2-8-22(9-3-1)23-14-18-33-29(20-23)27-16-17-28-30-21-24(15-19-34(30)39-36(28)35(27)38-33)37-31-12-6-4-10-25(31)26-11-5-7-13-32(26)37/h4-7,10-22H,1-3,8-9H2. The fourth-order valence-corrected chi connectivity index (χ4v) is 7.10. The van der Waals surface area contributed by atoms with Gasteiger partial charge in [0.05, 0.1) is 11.0 Å². The number of hydrogen-bond acceptors (Lipinski definition) is 2. The summed E-state index contributed by atoms with van der Waals surface area (Å²) >= 11 is 0. The Morgan fingerprint density at radius 3 is 1.77 bits per heavy atom. The molecule has 0 aliphatic heterocycles. The molecule has 8 aromatic rings. The first-order valence-corrected chi connectivity index (χ1v) is 14.1. The molecule has 1 fully saturated rings. The van der Waals surface area contributed by atoms with Gasteiger partial charge in [-0.3, -0.25) is 0 Å². The second kappa shape index (κ2) is 8.00. The van der Waals surface area contributed by atoms with Crippen molar-refractivity contribution in [1.82, 2.24) is 4.57 Å². The van der Waals surface area contributed by atoms with Crippen LogP contribution in [-0.2, 0) is 0 Å². The Bertz CT molecular complexity index is 2160. The largest absolute Gasteiger partial charge is 0.452 e. The first kappa shape index (κ1) is 21.4. The SMILES string of the molecule is c1ccc2c(c1)c1ccccc1n2-c1ccc2oc3c(ccc4c5cc(C6CCCCC6)ccc5oc43)c2c1. The lowest BCUT2D eigenvalue weighted by molar-refractivity contribution is 0.444. The highest BCUT2D eigenvalue weighted by atomic mass is 16.4. The third-order valence-electron chi connectivity index (χ3n) is 9.00. The van der Waals surface area contributed by atoms with Crippen LogP contribution in [0.15, 0.2) is 106 Å². The molecule has 0 radical (unpaired) electrons. The number of aromatic nitrogens is 1. The van der Waals surface area contributed by atoms with Crippen molar-refractivity contribution < 1.29 is 8.83 Å². The number of furan rings is 2. The molecule has 3 heterocycles. The molecule has 39 heavy (non-hydrogen) atoms. The second-order valence-electron chi connectivity index (χ2n) is 11.2. The highest BCUT2D eigenvalue weighted by Gasteiger charge is 2.20. The van der Waals surface area contributed by atoms with Crippen LogP contribution in [-0.4, -0.2) is 4.57 Å². The quantitative estimate of drug-likeness (QED) is 0.234. The van der Waals surface area contributed by atoms with E-state index in [1.165, 1.54) is 64.9 Å². The van der Waals surface area contributed by atoms with Gasteiger partial charge in [-0.15, -0.1) is 0 Å². The van der Waals surface area contributed by atoms with Crippen LogP contribution in [0.3, 0.4) is 0 Å². The van der Waals surface area contributed by atoms with Crippen LogP contribution in [0, 0.1) is 0 Å². The molecule has 1 aliphatic rings. The van der Waals surface area contributed by atoms with Crippen LogP contribution >= 0.6 is 0 Å². The van der Waals surface area contributed by atoms with Crippen molar-refractivity contribution in [1.29, 1.82) is 0 Å². The molecule has 0 atom stereocenters. The van der Waals surface area contributed by atoms with Gasteiger partial charge in [0.1, 0.15) is 11.2 Å². The fraction of sp³-hybridized carbons (Fsp3) is 0.167. The molecule has 0 saturated heterocycles. The lowest BCUT2D eigenvalue weighted by Crippen LogP contribution is -2.03. The maximum absolute atomic E-state index is 6.49. The Hall–Kier alpha value is -4.50. The minimum absolute atomic E-state index is 0.669. The predicted molar refractivity (Wildman–Crippen MR) is 161 cm³/mol. The van der Waals surface area contributed by atoms with Crippen molar-refractivity contribution in [2.45, 2.75) is 38.0 Å². The van der Waals surface area contributed by atoms with Gasteiger partial charge in [-0.25, -0.2) is 0 Å². The molecule has 0 N–H and O–H groups in total. The van der Waals surface area contributed by atoms with Crippen molar-refractivity contribution in [3.05, 3.63) is 103 Å². The number of nitrogens with zero attached hydrogens (tertiary/aromatic N) is 1. The van der Waals surface area contributed by atoms with Crippen LogP contribution in [0.4, 0.5) is 0 Å². The summed E-state index contributed by atoms with van der Waals surface area (Å²) in [5.74, 6) is 0.669. The summed E-state index contributed by atoms with van der Waals surface area (Å²) < 4.78 is 15.3. The highest BCUT2D eigenvalue weighted by molar-refractivity contribution is 6.19. The van der Waals surface area contributed by atoms with E-state index in [0.29, 0.717) is 5.92 Å². The number of rotatable bonds is 2. The monoisotopic (exact) mass is 505 g/mol. The van der Waals surface area contributed by atoms with Crippen LogP contribution in [0.25, 0.3) is 71.4 Å². The van der Waals surface area contributed by atoms with Crippen molar-refractivity contribution in [3.63, 3.8) is 0 Å². The summed E-state index contributed by atoms with van der Waals surface area (Å²) in [5, 5.41) is 7.06. The molecular weight excluding hydrogens is 478 g/mol. The third-order valence-corrected chi connectivity index (χ3v) is 9.00. The van der Waals surface area contributed by atoms with E-state index in [0.717, 1.165) is 44.2 Å². The predicted octanol–water partition coefficient (Wildman–Crippen LogP) is 10.6. The van der Waals surface area contributed by atoms with Crippen LogP contribution in [0.2, 0.25) is 0 Å². The van der Waals surface area contributed by atoms with Crippen LogP contribution < -0.4 is 0 Å². The van der Waals surface area contributed by atoms with E-state index < -0.39 is 0 Å². The zero-order valence-corrected chi connectivity index (χ0v) is 21.6. The van der Waals surface area contributed by atoms with Gasteiger partial charge in [0.2, 0.25) is 0 Å². The molecule has 1 aliphatic carbocycles. The zero-order chi connectivity index (χ0) is 25.5. The maximum atomic E-state index is 6.49. The first-order valence-electron chi connectivity index (χ1n) is 14.1. The molecule has 3 nitrogen and oxygen atoms in total.